The van der Waals surface area contributed by atoms with Crippen LogP contribution in [0.1, 0.15) is 11.1 Å². The van der Waals surface area contributed by atoms with Gasteiger partial charge in [-0.3, -0.25) is 4.55 Å². The van der Waals surface area contributed by atoms with Crippen LogP contribution >= 0.6 is 0 Å². The van der Waals surface area contributed by atoms with E-state index in [1.54, 1.807) is 24.3 Å². The Morgan fingerprint density at radius 3 is 2.20 bits per heavy atom. The smallest absolute Gasteiger partial charge is 0.360 e. The zero-order chi connectivity index (χ0) is 14.8. The molecule has 0 fully saturated rings. The van der Waals surface area contributed by atoms with Crippen LogP contribution in [0, 0.1) is 6.92 Å². The number of para-hydroxylation sites is 2. The summed E-state index contributed by atoms with van der Waals surface area (Å²) < 4.78 is 33.2. The molecule has 0 radical (unpaired) electrons. The Morgan fingerprint density at radius 2 is 1.65 bits per heavy atom. The van der Waals surface area contributed by atoms with Gasteiger partial charge < -0.3 is 5.11 Å². The average molecular weight is 293 g/mol. The Kier molecular flexibility index (Phi) is 3.96. The van der Waals surface area contributed by atoms with Crippen molar-refractivity contribution in [3.8, 4) is 5.75 Å². The van der Waals surface area contributed by atoms with Crippen molar-refractivity contribution in [2.45, 2.75) is 13.5 Å². The third kappa shape index (κ3) is 3.28. The Hall–Kier alpha value is -2.05. The van der Waals surface area contributed by atoms with Crippen LogP contribution in [-0.4, -0.2) is 18.1 Å². The van der Waals surface area contributed by atoms with Crippen LogP contribution < -0.4 is 4.31 Å². The van der Waals surface area contributed by atoms with E-state index in [1.807, 2.05) is 19.1 Å². The zero-order valence-electron chi connectivity index (χ0n) is 10.9. The molecule has 2 aromatic carbocycles. The minimum Gasteiger partial charge on any atom is -0.506 e. The molecule has 0 aliphatic rings. The first-order valence-corrected chi connectivity index (χ1v) is 7.36. The molecule has 0 aliphatic carbocycles. The molecule has 0 spiro atoms. The van der Waals surface area contributed by atoms with Crippen molar-refractivity contribution in [2.75, 3.05) is 4.31 Å². The van der Waals surface area contributed by atoms with Gasteiger partial charge in [0.05, 0.1) is 12.2 Å². The lowest BCUT2D eigenvalue weighted by atomic mass is 10.1. The molecule has 2 rings (SSSR count). The van der Waals surface area contributed by atoms with Crippen LogP contribution in [0.5, 0.6) is 5.75 Å². The molecular weight excluding hydrogens is 278 g/mol. The Labute approximate surface area is 118 Å². The monoisotopic (exact) mass is 293 g/mol. The van der Waals surface area contributed by atoms with Gasteiger partial charge in [-0.1, -0.05) is 42.0 Å². The Balaban J connectivity index is 2.40. The fraction of sp³-hybridized carbons (Fsp3) is 0.143. The summed E-state index contributed by atoms with van der Waals surface area (Å²) in [5.41, 5.74) is 1.79. The highest BCUT2D eigenvalue weighted by Gasteiger charge is 2.22. The molecule has 0 amide bonds. The molecule has 20 heavy (non-hydrogen) atoms. The molecular formula is C14H15NO4S. The normalized spacial score (nSPS) is 11.3. The highest BCUT2D eigenvalue weighted by Crippen LogP contribution is 2.29. The van der Waals surface area contributed by atoms with Gasteiger partial charge in [0, 0.05) is 0 Å². The van der Waals surface area contributed by atoms with E-state index < -0.39 is 10.3 Å². The third-order valence-electron chi connectivity index (χ3n) is 2.88. The predicted molar refractivity (Wildman–Crippen MR) is 77.0 cm³/mol. The van der Waals surface area contributed by atoms with Crippen molar-refractivity contribution in [3.05, 3.63) is 59.7 Å². The van der Waals surface area contributed by atoms with Crippen LogP contribution in [0.3, 0.4) is 0 Å². The van der Waals surface area contributed by atoms with Gasteiger partial charge in [0.1, 0.15) is 5.75 Å². The molecule has 0 aliphatic heterocycles. The van der Waals surface area contributed by atoms with Crippen molar-refractivity contribution in [1.29, 1.82) is 0 Å². The quantitative estimate of drug-likeness (QED) is 0.849. The molecule has 5 nitrogen and oxygen atoms in total. The third-order valence-corrected chi connectivity index (χ3v) is 3.76. The fourth-order valence-electron chi connectivity index (χ4n) is 1.83. The van der Waals surface area contributed by atoms with Gasteiger partial charge in [0.25, 0.3) is 0 Å². The molecule has 0 atom stereocenters. The van der Waals surface area contributed by atoms with E-state index in [9.17, 15) is 18.1 Å². The summed E-state index contributed by atoms with van der Waals surface area (Å²) in [6.45, 7) is 1.87. The van der Waals surface area contributed by atoms with Gasteiger partial charge in [-0.05, 0) is 24.6 Å². The molecule has 0 saturated carbocycles. The van der Waals surface area contributed by atoms with Crippen LogP contribution in [0.2, 0.25) is 0 Å². The fourth-order valence-corrected chi connectivity index (χ4v) is 2.54. The predicted octanol–water partition coefficient (Wildman–Crippen LogP) is 2.51. The van der Waals surface area contributed by atoms with E-state index in [1.165, 1.54) is 12.1 Å². The topological polar surface area (TPSA) is 77.8 Å². The summed E-state index contributed by atoms with van der Waals surface area (Å²) in [6, 6.07) is 13.2. The summed E-state index contributed by atoms with van der Waals surface area (Å²) in [5, 5.41) is 9.75. The molecule has 0 bridgehead atoms. The maximum absolute atomic E-state index is 11.5. The second-order valence-electron chi connectivity index (χ2n) is 4.46. The number of anilines is 1. The van der Waals surface area contributed by atoms with E-state index in [0.717, 1.165) is 9.87 Å². The average Bonchev–Trinajstić information content (AvgIpc) is 2.38. The number of hydrogen-bond acceptors (Lipinski definition) is 3. The van der Waals surface area contributed by atoms with E-state index in [4.69, 9.17) is 0 Å². The van der Waals surface area contributed by atoms with Gasteiger partial charge in [-0.25, -0.2) is 4.31 Å². The van der Waals surface area contributed by atoms with E-state index in [-0.39, 0.29) is 18.0 Å². The highest BCUT2D eigenvalue weighted by atomic mass is 32.2. The molecule has 0 unspecified atom stereocenters. The molecule has 0 heterocycles. The van der Waals surface area contributed by atoms with Crippen molar-refractivity contribution < 1.29 is 18.1 Å². The van der Waals surface area contributed by atoms with E-state index in [2.05, 4.69) is 0 Å². The molecule has 6 heteroatoms. The molecule has 0 aromatic heterocycles. The number of benzene rings is 2. The van der Waals surface area contributed by atoms with Crippen molar-refractivity contribution >= 4 is 16.0 Å². The number of nitrogens with zero attached hydrogens (tertiary/aromatic N) is 1. The summed E-state index contributed by atoms with van der Waals surface area (Å²) in [4.78, 5) is 0. The first kappa shape index (κ1) is 14.4. The number of hydrogen-bond donors (Lipinski definition) is 2. The van der Waals surface area contributed by atoms with Gasteiger partial charge in [-0.2, -0.15) is 8.42 Å². The number of rotatable bonds is 4. The van der Waals surface area contributed by atoms with Crippen LogP contribution in [0.25, 0.3) is 0 Å². The Bertz CT molecular complexity index is 695. The standard InChI is InChI=1S/C14H15NO4S/c1-11-6-8-12(9-7-11)10-15(20(17,18)19)13-4-2-3-5-14(13)16/h2-9,16H,10H2,1H3,(H,17,18,19). The van der Waals surface area contributed by atoms with Crippen molar-refractivity contribution in [1.82, 2.24) is 0 Å². The van der Waals surface area contributed by atoms with Gasteiger partial charge in [0.2, 0.25) is 0 Å². The van der Waals surface area contributed by atoms with Crippen molar-refractivity contribution in [2.24, 2.45) is 0 Å². The number of phenolic OH excluding ortho intramolecular Hbond substituents is 1. The van der Waals surface area contributed by atoms with Crippen LogP contribution in [0.4, 0.5) is 5.69 Å². The van der Waals surface area contributed by atoms with Crippen molar-refractivity contribution in [3.63, 3.8) is 0 Å². The number of aromatic hydroxyl groups is 1. The summed E-state index contributed by atoms with van der Waals surface area (Å²) in [6.07, 6.45) is 0. The second kappa shape index (κ2) is 5.52. The second-order valence-corrected chi connectivity index (χ2v) is 5.80. The summed E-state index contributed by atoms with van der Waals surface area (Å²) in [5.74, 6) is -0.211. The van der Waals surface area contributed by atoms with Crippen LogP contribution in [-0.2, 0) is 16.8 Å². The lowest BCUT2D eigenvalue weighted by molar-refractivity contribution is 0.464. The van der Waals surface area contributed by atoms with E-state index in [0.29, 0.717) is 5.56 Å². The lowest BCUT2D eigenvalue weighted by Gasteiger charge is -2.21. The highest BCUT2D eigenvalue weighted by molar-refractivity contribution is 7.87. The molecule has 0 saturated heterocycles. The maximum atomic E-state index is 11.5. The first-order valence-electron chi connectivity index (χ1n) is 5.96. The maximum Gasteiger partial charge on any atom is 0.360 e. The minimum atomic E-state index is -4.48. The zero-order valence-corrected chi connectivity index (χ0v) is 11.7. The summed E-state index contributed by atoms with van der Waals surface area (Å²) in [7, 11) is -4.48. The molecule has 2 aromatic rings. The SMILES string of the molecule is Cc1ccc(CN(c2ccccc2O)S(=O)(=O)O)cc1. The van der Waals surface area contributed by atoms with Gasteiger partial charge >= 0.3 is 10.3 Å². The summed E-state index contributed by atoms with van der Waals surface area (Å²) >= 11 is 0. The number of phenols is 1. The molecule has 106 valence electrons. The van der Waals surface area contributed by atoms with Gasteiger partial charge in [-0.15, -0.1) is 0 Å². The first-order chi connectivity index (χ1) is 9.38. The Morgan fingerprint density at radius 1 is 1.05 bits per heavy atom. The molecule has 2 N–H and O–H groups in total. The van der Waals surface area contributed by atoms with E-state index >= 15 is 0 Å². The largest absolute Gasteiger partial charge is 0.506 e. The number of aryl methyl sites for hydroxylation is 1. The van der Waals surface area contributed by atoms with Crippen LogP contribution in [0.15, 0.2) is 48.5 Å². The lowest BCUT2D eigenvalue weighted by Crippen LogP contribution is -2.29. The minimum absolute atomic E-state index is 0.0376. The van der Waals surface area contributed by atoms with Gasteiger partial charge in [0.15, 0.2) is 0 Å².